The number of rotatable bonds is 6. The fourth-order valence-corrected chi connectivity index (χ4v) is 2.31. The summed E-state index contributed by atoms with van der Waals surface area (Å²) in [5, 5.41) is 10.9. The van der Waals surface area contributed by atoms with Gasteiger partial charge in [-0.3, -0.25) is 14.9 Å². The lowest BCUT2D eigenvalue weighted by Crippen LogP contribution is -2.33. The van der Waals surface area contributed by atoms with Crippen LogP contribution in [0.1, 0.15) is 36.5 Å². The maximum Gasteiger partial charge on any atom is 0.288 e. The van der Waals surface area contributed by atoms with Gasteiger partial charge in [0.2, 0.25) is 0 Å². The first-order chi connectivity index (χ1) is 9.52. The highest BCUT2D eigenvalue weighted by Crippen LogP contribution is 2.31. The van der Waals surface area contributed by atoms with Crippen molar-refractivity contribution in [3.63, 3.8) is 0 Å². The number of nitro groups is 1. The summed E-state index contributed by atoms with van der Waals surface area (Å²) in [4.78, 5) is 24.5. The zero-order chi connectivity index (χ0) is 14.7. The van der Waals surface area contributed by atoms with Crippen LogP contribution in [0.3, 0.4) is 0 Å². The molecule has 0 unspecified atom stereocenters. The lowest BCUT2D eigenvalue weighted by atomic mass is 10.1. The van der Waals surface area contributed by atoms with Gasteiger partial charge in [-0.05, 0) is 37.3 Å². The quantitative estimate of drug-likeness (QED) is 0.596. The highest BCUT2D eigenvalue weighted by Gasteiger charge is 2.27. The van der Waals surface area contributed by atoms with Gasteiger partial charge in [-0.2, -0.15) is 0 Å². The van der Waals surface area contributed by atoms with Gasteiger partial charge in [0.1, 0.15) is 5.02 Å². The Kier molecular flexibility index (Phi) is 4.60. The van der Waals surface area contributed by atoms with Crippen LogP contribution in [0.4, 0.5) is 5.69 Å². The molecule has 1 aliphatic carbocycles. The first kappa shape index (κ1) is 14.8. The molecule has 0 spiro atoms. The van der Waals surface area contributed by atoms with E-state index in [1.165, 1.54) is 12.1 Å². The van der Waals surface area contributed by atoms with Crippen LogP contribution in [0, 0.1) is 16.0 Å². The van der Waals surface area contributed by atoms with Crippen LogP contribution < -0.4 is 0 Å². The predicted molar refractivity (Wildman–Crippen MR) is 77.0 cm³/mol. The maximum atomic E-state index is 12.4. The van der Waals surface area contributed by atoms with E-state index in [2.05, 4.69) is 0 Å². The molecule has 0 aromatic heterocycles. The minimum Gasteiger partial charge on any atom is -0.338 e. The van der Waals surface area contributed by atoms with Crippen molar-refractivity contribution in [2.24, 2.45) is 5.92 Å². The van der Waals surface area contributed by atoms with E-state index in [0.717, 1.165) is 25.8 Å². The van der Waals surface area contributed by atoms with Gasteiger partial charge in [0.05, 0.1) is 4.92 Å². The SMILES string of the molecule is CCCN(CC1CC1)C(=O)c1ccc(Cl)c([N+](=O)[O-])c1. The average molecular weight is 297 g/mol. The Labute approximate surface area is 122 Å². The van der Waals surface area contributed by atoms with Gasteiger partial charge >= 0.3 is 0 Å². The molecule has 1 aromatic rings. The number of benzene rings is 1. The third kappa shape index (κ3) is 3.48. The summed E-state index contributed by atoms with van der Waals surface area (Å²) in [6, 6.07) is 4.22. The van der Waals surface area contributed by atoms with E-state index in [9.17, 15) is 14.9 Å². The summed E-state index contributed by atoms with van der Waals surface area (Å²) < 4.78 is 0. The standard InChI is InChI=1S/C14H17ClN2O3/c1-2-7-16(9-10-3-4-10)14(18)11-5-6-12(15)13(8-11)17(19)20/h5-6,8,10H,2-4,7,9H2,1H3. The fraction of sp³-hybridized carbons (Fsp3) is 0.500. The van der Waals surface area contributed by atoms with Crippen molar-refractivity contribution in [2.45, 2.75) is 26.2 Å². The molecule has 2 rings (SSSR count). The van der Waals surface area contributed by atoms with Crippen molar-refractivity contribution >= 4 is 23.2 Å². The molecular formula is C14H17ClN2O3. The van der Waals surface area contributed by atoms with Crippen molar-refractivity contribution < 1.29 is 9.72 Å². The molecule has 6 heteroatoms. The molecule has 5 nitrogen and oxygen atoms in total. The van der Waals surface area contributed by atoms with Crippen molar-refractivity contribution in [1.82, 2.24) is 4.90 Å². The molecule has 108 valence electrons. The molecular weight excluding hydrogens is 280 g/mol. The third-order valence-electron chi connectivity index (χ3n) is 3.35. The second kappa shape index (κ2) is 6.22. The molecule has 1 fully saturated rings. The van der Waals surface area contributed by atoms with Gasteiger partial charge < -0.3 is 4.90 Å². The summed E-state index contributed by atoms with van der Waals surface area (Å²) >= 11 is 5.76. The Morgan fingerprint density at radius 2 is 2.20 bits per heavy atom. The zero-order valence-electron chi connectivity index (χ0n) is 11.3. The summed E-state index contributed by atoms with van der Waals surface area (Å²) in [6.45, 7) is 3.42. The van der Waals surface area contributed by atoms with Crippen LogP contribution in [0.2, 0.25) is 5.02 Å². The minimum atomic E-state index is -0.565. The summed E-state index contributed by atoms with van der Waals surface area (Å²) in [5.41, 5.74) is 0.107. The highest BCUT2D eigenvalue weighted by atomic mass is 35.5. The molecule has 1 aromatic carbocycles. The Morgan fingerprint density at radius 3 is 2.75 bits per heavy atom. The maximum absolute atomic E-state index is 12.4. The van der Waals surface area contributed by atoms with Crippen molar-refractivity contribution in [2.75, 3.05) is 13.1 Å². The van der Waals surface area contributed by atoms with Gasteiger partial charge in [-0.15, -0.1) is 0 Å². The molecule has 0 bridgehead atoms. The molecule has 0 atom stereocenters. The van der Waals surface area contributed by atoms with Crippen molar-refractivity contribution in [3.05, 3.63) is 38.9 Å². The van der Waals surface area contributed by atoms with E-state index >= 15 is 0 Å². The topological polar surface area (TPSA) is 63.5 Å². The number of hydrogen-bond donors (Lipinski definition) is 0. The van der Waals surface area contributed by atoms with E-state index < -0.39 is 4.92 Å². The summed E-state index contributed by atoms with van der Waals surface area (Å²) in [6.07, 6.45) is 3.19. The summed E-state index contributed by atoms with van der Waals surface area (Å²) in [5.74, 6) is 0.436. The van der Waals surface area contributed by atoms with Gasteiger partial charge in [0, 0.05) is 24.7 Å². The first-order valence-electron chi connectivity index (χ1n) is 6.76. The van der Waals surface area contributed by atoms with Crippen molar-refractivity contribution in [1.29, 1.82) is 0 Å². The van der Waals surface area contributed by atoms with Gasteiger partial charge in [-0.1, -0.05) is 18.5 Å². The Bertz CT molecular complexity index is 529. The zero-order valence-corrected chi connectivity index (χ0v) is 12.1. The number of halogens is 1. The molecule has 0 aliphatic heterocycles. The number of hydrogen-bond acceptors (Lipinski definition) is 3. The molecule has 0 heterocycles. The van der Waals surface area contributed by atoms with E-state index in [0.29, 0.717) is 18.0 Å². The average Bonchev–Trinajstić information content (AvgIpc) is 3.21. The number of nitro benzene ring substituents is 1. The van der Waals surface area contributed by atoms with Crippen LogP contribution in [0.25, 0.3) is 0 Å². The number of carbonyl (C=O) groups is 1. The monoisotopic (exact) mass is 296 g/mol. The van der Waals surface area contributed by atoms with E-state index in [1.807, 2.05) is 6.92 Å². The van der Waals surface area contributed by atoms with Gasteiger partial charge in [-0.25, -0.2) is 0 Å². The van der Waals surface area contributed by atoms with Gasteiger partial charge in [0.25, 0.3) is 11.6 Å². The van der Waals surface area contributed by atoms with E-state index in [1.54, 1.807) is 11.0 Å². The molecule has 1 aliphatic rings. The van der Waals surface area contributed by atoms with E-state index in [4.69, 9.17) is 11.6 Å². The molecule has 0 saturated heterocycles. The van der Waals surface area contributed by atoms with E-state index in [-0.39, 0.29) is 16.6 Å². The lowest BCUT2D eigenvalue weighted by molar-refractivity contribution is -0.384. The molecule has 0 N–H and O–H groups in total. The highest BCUT2D eigenvalue weighted by molar-refractivity contribution is 6.32. The van der Waals surface area contributed by atoms with Crippen LogP contribution in [-0.4, -0.2) is 28.8 Å². The smallest absolute Gasteiger partial charge is 0.288 e. The Balaban J connectivity index is 2.21. The molecule has 0 radical (unpaired) electrons. The third-order valence-corrected chi connectivity index (χ3v) is 3.67. The number of carbonyl (C=O) groups excluding carboxylic acids is 1. The Hall–Kier alpha value is -1.62. The predicted octanol–water partition coefficient (Wildman–Crippen LogP) is 3.51. The summed E-state index contributed by atoms with van der Waals surface area (Å²) in [7, 11) is 0. The molecule has 1 amide bonds. The Morgan fingerprint density at radius 1 is 1.50 bits per heavy atom. The fourth-order valence-electron chi connectivity index (χ4n) is 2.13. The number of nitrogens with zero attached hydrogens (tertiary/aromatic N) is 2. The lowest BCUT2D eigenvalue weighted by Gasteiger charge is -2.22. The normalized spacial score (nSPS) is 14.1. The molecule has 1 saturated carbocycles. The largest absolute Gasteiger partial charge is 0.338 e. The second-order valence-electron chi connectivity index (χ2n) is 5.12. The number of amides is 1. The van der Waals surface area contributed by atoms with Crippen LogP contribution in [0.5, 0.6) is 0 Å². The van der Waals surface area contributed by atoms with Crippen molar-refractivity contribution in [3.8, 4) is 0 Å². The van der Waals surface area contributed by atoms with Crippen LogP contribution >= 0.6 is 11.6 Å². The molecule has 20 heavy (non-hydrogen) atoms. The first-order valence-corrected chi connectivity index (χ1v) is 7.14. The van der Waals surface area contributed by atoms with Crippen LogP contribution in [-0.2, 0) is 0 Å². The van der Waals surface area contributed by atoms with Gasteiger partial charge in [0.15, 0.2) is 0 Å². The van der Waals surface area contributed by atoms with Crippen LogP contribution in [0.15, 0.2) is 18.2 Å². The second-order valence-corrected chi connectivity index (χ2v) is 5.53. The minimum absolute atomic E-state index is 0.0517.